The van der Waals surface area contributed by atoms with Crippen LogP contribution >= 0.6 is 0 Å². The molecule has 0 aliphatic rings. The Morgan fingerprint density at radius 3 is 2.43 bits per heavy atom. The van der Waals surface area contributed by atoms with Crippen molar-refractivity contribution in [2.75, 3.05) is 0 Å². The van der Waals surface area contributed by atoms with Crippen LogP contribution in [0.5, 0.6) is 0 Å². The van der Waals surface area contributed by atoms with E-state index in [1.54, 1.807) is 23.9 Å². The van der Waals surface area contributed by atoms with E-state index in [0.717, 1.165) is 5.56 Å². The highest BCUT2D eigenvalue weighted by atomic mass is 16.4. The maximum Gasteiger partial charge on any atom is 0.336 e. The predicted molar refractivity (Wildman–Crippen MR) is 86.1 cm³/mol. The third-order valence-corrected chi connectivity index (χ3v) is 3.39. The van der Waals surface area contributed by atoms with Crippen LogP contribution in [0, 0.1) is 12.3 Å². The highest BCUT2D eigenvalue weighted by Crippen LogP contribution is 2.22. The molecular formula is C18H14N3O2+. The fourth-order valence-electron chi connectivity index (χ4n) is 2.21. The second-order valence-corrected chi connectivity index (χ2v) is 4.90. The molecule has 23 heavy (non-hydrogen) atoms. The first-order valence-corrected chi connectivity index (χ1v) is 7.04. The second-order valence-electron chi connectivity index (χ2n) is 4.90. The van der Waals surface area contributed by atoms with Gasteiger partial charge >= 0.3 is 11.6 Å². The molecule has 0 saturated carbocycles. The number of rotatable bonds is 3. The summed E-state index contributed by atoms with van der Waals surface area (Å²) in [5.41, 5.74) is 1.10. The van der Waals surface area contributed by atoms with Gasteiger partial charge < -0.3 is 4.42 Å². The van der Waals surface area contributed by atoms with Crippen molar-refractivity contribution in [1.82, 2.24) is 4.98 Å². The minimum Gasteiger partial charge on any atom is -0.432 e. The fourth-order valence-corrected chi connectivity index (χ4v) is 2.21. The summed E-state index contributed by atoms with van der Waals surface area (Å²) >= 11 is 0. The quantitative estimate of drug-likeness (QED) is 0.597. The first kappa shape index (κ1) is 14.6. The molecule has 2 aromatic heterocycles. The molecule has 1 aromatic carbocycles. The standard InChI is InChI=1S/C18H14N3O2/c1-13-16(14-8-4-2-5-9-14)23-18(20-17(13)22)15(12-19)21-10-6-3-7-11-21/h2-11,19H,1H3/q+1. The lowest BCUT2D eigenvalue weighted by molar-refractivity contribution is -0.578. The van der Waals surface area contributed by atoms with E-state index in [9.17, 15) is 4.79 Å². The number of pyridine rings is 1. The molecule has 1 N–H and O–H groups in total. The van der Waals surface area contributed by atoms with Crippen LogP contribution < -0.4 is 10.1 Å². The van der Waals surface area contributed by atoms with Gasteiger partial charge in [-0.2, -0.15) is 9.55 Å². The van der Waals surface area contributed by atoms with E-state index in [-0.39, 0.29) is 17.1 Å². The van der Waals surface area contributed by atoms with Gasteiger partial charge in [-0.15, -0.1) is 0 Å². The van der Waals surface area contributed by atoms with Crippen LogP contribution in [0.1, 0.15) is 11.5 Å². The molecule has 3 rings (SSSR count). The van der Waals surface area contributed by atoms with Crippen LogP contribution in [-0.4, -0.2) is 10.9 Å². The van der Waals surface area contributed by atoms with E-state index in [1.807, 2.05) is 48.5 Å². The lowest BCUT2D eigenvalue weighted by Crippen LogP contribution is -2.33. The summed E-state index contributed by atoms with van der Waals surface area (Å²) in [7, 11) is 0. The molecule has 2 heterocycles. The van der Waals surface area contributed by atoms with Crippen LogP contribution in [-0.2, 0) is 0 Å². The van der Waals surface area contributed by atoms with Crippen molar-refractivity contribution in [1.29, 1.82) is 5.41 Å². The molecule has 0 unspecified atom stereocenters. The third-order valence-electron chi connectivity index (χ3n) is 3.39. The average molecular weight is 304 g/mol. The van der Waals surface area contributed by atoms with Crippen molar-refractivity contribution < 1.29 is 8.98 Å². The number of aromatic nitrogens is 2. The Hall–Kier alpha value is -3.30. The Kier molecular flexibility index (Phi) is 3.95. The van der Waals surface area contributed by atoms with Gasteiger partial charge in [-0.3, -0.25) is 10.2 Å². The summed E-state index contributed by atoms with van der Waals surface area (Å²) in [6.45, 7) is 1.68. The molecule has 3 aromatic rings. The highest BCUT2D eigenvalue weighted by Gasteiger charge is 2.21. The number of nitrogens with zero attached hydrogens (tertiary/aromatic N) is 2. The molecule has 0 aliphatic carbocycles. The number of benzene rings is 1. The van der Waals surface area contributed by atoms with Gasteiger partial charge in [0.25, 0.3) is 5.56 Å². The monoisotopic (exact) mass is 304 g/mol. The van der Waals surface area contributed by atoms with E-state index in [2.05, 4.69) is 10.9 Å². The lowest BCUT2D eigenvalue weighted by atomic mass is 10.1. The van der Waals surface area contributed by atoms with E-state index >= 15 is 0 Å². The topological polar surface area (TPSA) is 70.8 Å². The zero-order valence-electron chi connectivity index (χ0n) is 12.5. The number of hydrogen-bond acceptors (Lipinski definition) is 4. The molecule has 112 valence electrons. The van der Waals surface area contributed by atoms with Gasteiger partial charge in [0.05, 0.1) is 11.4 Å². The Morgan fingerprint density at radius 1 is 1.13 bits per heavy atom. The number of hydrogen-bond donors (Lipinski definition) is 1. The molecular weight excluding hydrogens is 290 g/mol. The van der Waals surface area contributed by atoms with Crippen LogP contribution in [0.15, 0.2) is 70.1 Å². The van der Waals surface area contributed by atoms with Crippen LogP contribution in [0.3, 0.4) is 0 Å². The molecule has 0 aliphatic heterocycles. The maximum absolute atomic E-state index is 12.2. The maximum atomic E-state index is 12.2. The number of nitrogens with one attached hydrogen (secondary N) is 1. The third kappa shape index (κ3) is 2.86. The predicted octanol–water partition coefficient (Wildman–Crippen LogP) is 2.44. The molecule has 0 spiro atoms. The van der Waals surface area contributed by atoms with Crippen LogP contribution in [0.4, 0.5) is 0 Å². The van der Waals surface area contributed by atoms with Crippen molar-refractivity contribution >= 4 is 11.6 Å². The minimum atomic E-state index is -0.380. The van der Waals surface area contributed by atoms with Gasteiger partial charge in [0, 0.05) is 17.7 Å². The average Bonchev–Trinajstić information content (AvgIpc) is 2.60. The molecule has 0 atom stereocenters. The van der Waals surface area contributed by atoms with Gasteiger partial charge in [0.15, 0.2) is 12.4 Å². The minimum absolute atomic E-state index is 0.0608. The largest absolute Gasteiger partial charge is 0.432 e. The molecule has 5 heteroatoms. The molecule has 0 radical (unpaired) electrons. The van der Waals surface area contributed by atoms with Gasteiger partial charge in [0.2, 0.25) is 0 Å². The summed E-state index contributed by atoms with van der Waals surface area (Å²) in [5.74, 6) is 2.80. The van der Waals surface area contributed by atoms with Crippen LogP contribution in [0.2, 0.25) is 0 Å². The Balaban J connectivity index is 2.21. The van der Waals surface area contributed by atoms with Gasteiger partial charge in [-0.05, 0) is 6.92 Å². The second kappa shape index (κ2) is 6.22. The Bertz CT molecular complexity index is 941. The lowest BCUT2D eigenvalue weighted by Gasteiger charge is -2.05. The smallest absolute Gasteiger partial charge is 0.336 e. The molecule has 0 amide bonds. The van der Waals surface area contributed by atoms with E-state index in [4.69, 9.17) is 9.83 Å². The Morgan fingerprint density at radius 2 is 1.78 bits per heavy atom. The Labute approximate surface area is 132 Å². The van der Waals surface area contributed by atoms with Crippen LogP contribution in [0.25, 0.3) is 17.0 Å². The normalized spacial score (nSPS) is 10.1. The van der Waals surface area contributed by atoms with Gasteiger partial charge in [-0.25, -0.2) is 0 Å². The summed E-state index contributed by atoms with van der Waals surface area (Å²) in [5, 5.41) is 7.52. The first-order chi connectivity index (χ1) is 11.2. The van der Waals surface area contributed by atoms with Gasteiger partial charge in [-0.1, -0.05) is 36.4 Å². The van der Waals surface area contributed by atoms with Crippen molar-refractivity contribution in [2.45, 2.75) is 6.92 Å². The van der Waals surface area contributed by atoms with Crippen molar-refractivity contribution in [2.24, 2.45) is 0 Å². The van der Waals surface area contributed by atoms with E-state index in [0.29, 0.717) is 11.3 Å². The molecule has 5 nitrogen and oxygen atoms in total. The van der Waals surface area contributed by atoms with E-state index in [1.165, 1.54) is 0 Å². The van der Waals surface area contributed by atoms with E-state index < -0.39 is 0 Å². The molecule has 0 fully saturated rings. The SMILES string of the molecule is Cc1c(-c2ccccc2)oc(C(=C=N)[n+]2ccccc2)nc1=O. The summed E-state index contributed by atoms with van der Waals surface area (Å²) in [6, 6.07) is 14.8. The summed E-state index contributed by atoms with van der Waals surface area (Å²) in [4.78, 5) is 16.1. The van der Waals surface area contributed by atoms with Crippen molar-refractivity contribution in [3.05, 3.63) is 82.7 Å². The zero-order valence-corrected chi connectivity index (χ0v) is 12.5. The van der Waals surface area contributed by atoms with Crippen molar-refractivity contribution in [3.63, 3.8) is 0 Å². The van der Waals surface area contributed by atoms with Crippen molar-refractivity contribution in [3.8, 4) is 11.3 Å². The zero-order chi connectivity index (χ0) is 16.2. The summed E-state index contributed by atoms with van der Waals surface area (Å²) < 4.78 is 7.46. The highest BCUT2D eigenvalue weighted by molar-refractivity contribution is 5.79. The summed E-state index contributed by atoms with van der Waals surface area (Å²) in [6.07, 6.45) is 3.47. The molecule has 0 bridgehead atoms. The first-order valence-electron chi connectivity index (χ1n) is 7.04. The molecule has 0 saturated heterocycles. The fraction of sp³-hybridized carbons (Fsp3) is 0.0556. The van der Waals surface area contributed by atoms with Gasteiger partial charge in [0.1, 0.15) is 5.76 Å².